The van der Waals surface area contributed by atoms with Gasteiger partial charge in [0.05, 0.1) is 0 Å². The molecule has 0 aliphatic heterocycles. The summed E-state index contributed by atoms with van der Waals surface area (Å²) < 4.78 is 0. The van der Waals surface area contributed by atoms with E-state index in [4.69, 9.17) is 5.41 Å². The SMILES string of the molecule is CN(Cc1ccccc1)C(=N)C(C)(C)C. The quantitative estimate of drug-likeness (QED) is 0.581. The van der Waals surface area contributed by atoms with Crippen molar-refractivity contribution in [3.05, 3.63) is 35.9 Å². The van der Waals surface area contributed by atoms with Crippen molar-refractivity contribution >= 4 is 5.84 Å². The van der Waals surface area contributed by atoms with Crippen LogP contribution in [-0.4, -0.2) is 17.8 Å². The number of hydrogen-bond donors (Lipinski definition) is 1. The zero-order valence-electron chi connectivity index (χ0n) is 10.0. The molecule has 0 fully saturated rings. The van der Waals surface area contributed by atoms with Crippen molar-refractivity contribution in [3.63, 3.8) is 0 Å². The van der Waals surface area contributed by atoms with Gasteiger partial charge in [0.25, 0.3) is 0 Å². The van der Waals surface area contributed by atoms with Gasteiger partial charge in [0.1, 0.15) is 5.84 Å². The zero-order chi connectivity index (χ0) is 11.5. The van der Waals surface area contributed by atoms with Gasteiger partial charge in [-0.05, 0) is 5.56 Å². The van der Waals surface area contributed by atoms with Gasteiger partial charge in [-0.25, -0.2) is 0 Å². The van der Waals surface area contributed by atoms with Gasteiger partial charge in [-0.1, -0.05) is 51.1 Å². The molecule has 1 aromatic rings. The van der Waals surface area contributed by atoms with E-state index in [0.717, 1.165) is 6.54 Å². The van der Waals surface area contributed by atoms with E-state index in [1.165, 1.54) is 5.56 Å². The molecule has 0 saturated carbocycles. The molecule has 1 rings (SSSR count). The molecule has 2 nitrogen and oxygen atoms in total. The van der Waals surface area contributed by atoms with Crippen LogP contribution in [-0.2, 0) is 6.54 Å². The first-order valence-electron chi connectivity index (χ1n) is 5.25. The van der Waals surface area contributed by atoms with Gasteiger partial charge in [0.2, 0.25) is 0 Å². The lowest BCUT2D eigenvalue weighted by Gasteiger charge is -2.29. The van der Waals surface area contributed by atoms with Crippen LogP contribution in [0.2, 0.25) is 0 Å². The van der Waals surface area contributed by atoms with Crippen LogP contribution in [0, 0.1) is 10.8 Å². The molecule has 0 heterocycles. The van der Waals surface area contributed by atoms with E-state index in [2.05, 4.69) is 32.9 Å². The van der Waals surface area contributed by atoms with Gasteiger partial charge in [0.15, 0.2) is 0 Å². The van der Waals surface area contributed by atoms with Crippen LogP contribution in [0.25, 0.3) is 0 Å². The van der Waals surface area contributed by atoms with Crippen molar-refractivity contribution in [3.8, 4) is 0 Å². The van der Waals surface area contributed by atoms with Crippen LogP contribution >= 0.6 is 0 Å². The maximum Gasteiger partial charge on any atom is 0.101 e. The molecule has 0 spiro atoms. The summed E-state index contributed by atoms with van der Waals surface area (Å²) in [6, 6.07) is 10.3. The lowest BCUT2D eigenvalue weighted by atomic mass is 9.94. The lowest BCUT2D eigenvalue weighted by Crippen LogP contribution is -2.35. The highest BCUT2D eigenvalue weighted by Gasteiger charge is 2.20. The third-order valence-corrected chi connectivity index (χ3v) is 2.35. The highest BCUT2D eigenvalue weighted by molar-refractivity contribution is 5.83. The molecular weight excluding hydrogens is 184 g/mol. The predicted octanol–water partition coefficient (Wildman–Crippen LogP) is 3.14. The number of amidine groups is 1. The average molecular weight is 204 g/mol. The van der Waals surface area contributed by atoms with E-state index in [1.807, 2.05) is 30.1 Å². The Balaban J connectivity index is 2.65. The minimum atomic E-state index is -0.0798. The number of hydrogen-bond acceptors (Lipinski definition) is 1. The fourth-order valence-corrected chi connectivity index (χ4v) is 1.51. The van der Waals surface area contributed by atoms with E-state index in [1.54, 1.807) is 0 Å². The molecule has 0 bridgehead atoms. The molecule has 0 aromatic heterocycles. The van der Waals surface area contributed by atoms with Crippen molar-refractivity contribution < 1.29 is 0 Å². The van der Waals surface area contributed by atoms with Crippen molar-refractivity contribution in [2.75, 3.05) is 7.05 Å². The molecule has 0 aliphatic carbocycles. The van der Waals surface area contributed by atoms with E-state index in [0.29, 0.717) is 5.84 Å². The summed E-state index contributed by atoms with van der Waals surface area (Å²) in [7, 11) is 1.97. The van der Waals surface area contributed by atoms with E-state index >= 15 is 0 Å². The highest BCUT2D eigenvalue weighted by atomic mass is 15.1. The van der Waals surface area contributed by atoms with Crippen molar-refractivity contribution in [1.82, 2.24) is 4.90 Å². The van der Waals surface area contributed by atoms with Gasteiger partial charge in [0, 0.05) is 19.0 Å². The number of rotatable bonds is 2. The van der Waals surface area contributed by atoms with Crippen LogP contribution in [0.5, 0.6) is 0 Å². The Labute approximate surface area is 92.4 Å². The Morgan fingerprint density at radius 1 is 1.20 bits per heavy atom. The summed E-state index contributed by atoms with van der Waals surface area (Å²) in [4.78, 5) is 2.00. The lowest BCUT2D eigenvalue weighted by molar-refractivity contribution is 0.417. The van der Waals surface area contributed by atoms with Crippen LogP contribution in [0.4, 0.5) is 0 Å². The average Bonchev–Trinajstić information content (AvgIpc) is 2.16. The normalized spacial score (nSPS) is 11.2. The number of benzene rings is 1. The topological polar surface area (TPSA) is 27.1 Å². The minimum absolute atomic E-state index is 0.0798. The highest BCUT2D eigenvalue weighted by Crippen LogP contribution is 2.18. The Kier molecular flexibility index (Phi) is 3.51. The molecule has 2 heteroatoms. The Bertz CT molecular complexity index is 322. The van der Waals surface area contributed by atoms with E-state index < -0.39 is 0 Å². The molecular formula is C13H20N2. The number of nitrogens with one attached hydrogen (secondary N) is 1. The first-order valence-corrected chi connectivity index (χ1v) is 5.25. The van der Waals surface area contributed by atoms with Crippen LogP contribution in [0.15, 0.2) is 30.3 Å². The Morgan fingerprint density at radius 2 is 1.73 bits per heavy atom. The van der Waals surface area contributed by atoms with E-state index in [9.17, 15) is 0 Å². The van der Waals surface area contributed by atoms with Crippen molar-refractivity contribution in [2.45, 2.75) is 27.3 Å². The third-order valence-electron chi connectivity index (χ3n) is 2.35. The molecule has 1 aromatic carbocycles. The van der Waals surface area contributed by atoms with E-state index in [-0.39, 0.29) is 5.41 Å². The molecule has 0 unspecified atom stereocenters. The summed E-state index contributed by atoms with van der Waals surface area (Å²) in [5.74, 6) is 0.673. The van der Waals surface area contributed by atoms with Crippen molar-refractivity contribution in [2.24, 2.45) is 5.41 Å². The fourth-order valence-electron chi connectivity index (χ4n) is 1.51. The molecule has 0 aliphatic rings. The smallest absolute Gasteiger partial charge is 0.101 e. The standard InChI is InChI=1S/C13H20N2/c1-13(2,3)12(14)15(4)10-11-8-6-5-7-9-11/h5-9,14H,10H2,1-4H3. The summed E-state index contributed by atoms with van der Waals surface area (Å²) in [6.07, 6.45) is 0. The zero-order valence-corrected chi connectivity index (χ0v) is 10.0. The first-order chi connectivity index (χ1) is 6.91. The minimum Gasteiger partial charge on any atom is -0.359 e. The Hall–Kier alpha value is -1.31. The van der Waals surface area contributed by atoms with Crippen LogP contribution in [0.1, 0.15) is 26.3 Å². The van der Waals surface area contributed by atoms with Gasteiger partial charge in [-0.2, -0.15) is 0 Å². The van der Waals surface area contributed by atoms with Gasteiger partial charge >= 0.3 is 0 Å². The van der Waals surface area contributed by atoms with Gasteiger partial charge < -0.3 is 4.90 Å². The molecule has 82 valence electrons. The van der Waals surface area contributed by atoms with Crippen molar-refractivity contribution in [1.29, 1.82) is 5.41 Å². The second-order valence-electron chi connectivity index (χ2n) is 4.94. The summed E-state index contributed by atoms with van der Waals surface area (Å²) in [5.41, 5.74) is 1.16. The molecule has 0 atom stereocenters. The van der Waals surface area contributed by atoms with Gasteiger partial charge in [-0.3, -0.25) is 5.41 Å². The molecule has 0 radical (unpaired) electrons. The fraction of sp³-hybridized carbons (Fsp3) is 0.462. The van der Waals surface area contributed by atoms with Crippen LogP contribution in [0.3, 0.4) is 0 Å². The largest absolute Gasteiger partial charge is 0.359 e. The predicted molar refractivity (Wildman–Crippen MR) is 65.1 cm³/mol. The third kappa shape index (κ3) is 3.39. The first kappa shape index (κ1) is 11.8. The molecule has 0 amide bonds. The summed E-state index contributed by atoms with van der Waals surface area (Å²) in [6.45, 7) is 7.00. The maximum atomic E-state index is 8.02. The van der Waals surface area contributed by atoms with Crippen LogP contribution < -0.4 is 0 Å². The Morgan fingerprint density at radius 3 is 2.20 bits per heavy atom. The second-order valence-corrected chi connectivity index (χ2v) is 4.94. The number of nitrogens with zero attached hydrogens (tertiary/aromatic N) is 1. The maximum absolute atomic E-state index is 8.02. The monoisotopic (exact) mass is 204 g/mol. The molecule has 1 N–H and O–H groups in total. The molecule has 15 heavy (non-hydrogen) atoms. The summed E-state index contributed by atoms with van der Waals surface area (Å²) >= 11 is 0. The second kappa shape index (κ2) is 4.47. The van der Waals surface area contributed by atoms with Gasteiger partial charge in [-0.15, -0.1) is 0 Å². The summed E-state index contributed by atoms with van der Waals surface area (Å²) in [5, 5.41) is 8.02. The molecule has 0 saturated heterocycles.